The van der Waals surface area contributed by atoms with Gasteiger partial charge in [-0.05, 0) is 66.7 Å². The molecule has 4 N–H and O–H groups in total. The first kappa shape index (κ1) is 24.8. The van der Waals surface area contributed by atoms with Crippen molar-refractivity contribution in [3.05, 3.63) is 64.5 Å². The van der Waals surface area contributed by atoms with Crippen molar-refractivity contribution in [2.24, 2.45) is 11.1 Å². The number of rotatable bonds is 9. The van der Waals surface area contributed by atoms with Crippen LogP contribution in [0.3, 0.4) is 0 Å². The van der Waals surface area contributed by atoms with Crippen LogP contribution in [0.25, 0.3) is 17.3 Å². The maximum absolute atomic E-state index is 13.0. The Balaban J connectivity index is 1.76. The number of aromatic amines is 1. The van der Waals surface area contributed by atoms with E-state index in [1.165, 1.54) is 12.1 Å². The van der Waals surface area contributed by atoms with E-state index in [4.69, 9.17) is 5.14 Å². The zero-order valence-corrected chi connectivity index (χ0v) is 20.7. The fraction of sp³-hybridized carbons (Fsp3) is 0.304. The molecule has 10 heteroatoms. The monoisotopic (exact) mass is 487 g/mol. The van der Waals surface area contributed by atoms with Gasteiger partial charge >= 0.3 is 0 Å². The van der Waals surface area contributed by atoms with E-state index < -0.39 is 10.0 Å². The molecule has 2 heterocycles. The SMILES string of the molecule is CC(C)C(/C=C\c1cc(-c2cccc(S(N)(=O)=O)c2)n[nH]1)NC(=O)C(c1ccsc1)N(C)C. The summed E-state index contributed by atoms with van der Waals surface area (Å²) in [5, 5.41) is 19.5. The van der Waals surface area contributed by atoms with Crippen molar-refractivity contribution >= 4 is 33.3 Å². The maximum Gasteiger partial charge on any atom is 0.242 e. The van der Waals surface area contributed by atoms with Crippen LogP contribution in [-0.4, -0.2) is 49.6 Å². The van der Waals surface area contributed by atoms with Gasteiger partial charge in [0.25, 0.3) is 0 Å². The third-order valence-corrected chi connectivity index (χ3v) is 6.80. The number of sulfonamides is 1. The summed E-state index contributed by atoms with van der Waals surface area (Å²) < 4.78 is 23.2. The highest BCUT2D eigenvalue weighted by atomic mass is 32.2. The molecule has 8 nitrogen and oxygen atoms in total. The number of H-pyrrole nitrogens is 1. The van der Waals surface area contributed by atoms with Crippen molar-refractivity contribution in [1.82, 2.24) is 20.4 Å². The van der Waals surface area contributed by atoms with Crippen molar-refractivity contribution in [1.29, 1.82) is 0 Å². The Labute approximate surface area is 198 Å². The summed E-state index contributed by atoms with van der Waals surface area (Å²) in [7, 11) is -0.0176. The van der Waals surface area contributed by atoms with Crippen LogP contribution < -0.4 is 10.5 Å². The number of nitrogens with zero attached hydrogens (tertiary/aromatic N) is 2. The van der Waals surface area contributed by atoms with Gasteiger partial charge in [0.15, 0.2) is 0 Å². The first-order valence-electron chi connectivity index (χ1n) is 10.4. The minimum absolute atomic E-state index is 0.0312. The Bertz CT molecular complexity index is 1210. The van der Waals surface area contributed by atoms with Crippen LogP contribution in [0, 0.1) is 5.92 Å². The van der Waals surface area contributed by atoms with E-state index in [0.29, 0.717) is 11.3 Å². The molecule has 33 heavy (non-hydrogen) atoms. The summed E-state index contributed by atoms with van der Waals surface area (Å²) in [6, 6.07) is 9.55. The van der Waals surface area contributed by atoms with Gasteiger partial charge in [-0.1, -0.05) is 32.1 Å². The van der Waals surface area contributed by atoms with Crippen molar-refractivity contribution < 1.29 is 13.2 Å². The number of thiophene rings is 1. The normalized spacial score (nSPS) is 14.2. The molecule has 1 amide bonds. The average Bonchev–Trinajstić information content (AvgIpc) is 3.42. The molecule has 2 aromatic heterocycles. The number of carbonyl (C=O) groups excluding carboxylic acids is 1. The second-order valence-electron chi connectivity index (χ2n) is 8.34. The molecule has 0 radical (unpaired) electrons. The summed E-state index contributed by atoms with van der Waals surface area (Å²) in [5.41, 5.74) is 2.92. The van der Waals surface area contributed by atoms with E-state index in [-0.39, 0.29) is 28.8 Å². The molecule has 176 valence electrons. The first-order chi connectivity index (χ1) is 15.6. The lowest BCUT2D eigenvalue weighted by Gasteiger charge is -2.26. The molecule has 0 saturated heterocycles. The van der Waals surface area contributed by atoms with Crippen LogP contribution in [0.5, 0.6) is 0 Å². The Morgan fingerprint density at radius 1 is 1.24 bits per heavy atom. The highest BCUT2D eigenvalue weighted by molar-refractivity contribution is 7.89. The largest absolute Gasteiger partial charge is 0.348 e. The number of primary sulfonamides is 1. The van der Waals surface area contributed by atoms with Crippen molar-refractivity contribution in [3.8, 4) is 11.3 Å². The minimum atomic E-state index is -3.79. The number of nitrogens with two attached hydrogens (primary N) is 1. The summed E-state index contributed by atoms with van der Waals surface area (Å²) in [6.45, 7) is 4.09. The summed E-state index contributed by atoms with van der Waals surface area (Å²) in [4.78, 5) is 15.0. The van der Waals surface area contributed by atoms with E-state index in [1.807, 2.05) is 67.9 Å². The Hall–Kier alpha value is -2.79. The summed E-state index contributed by atoms with van der Waals surface area (Å²) >= 11 is 1.57. The second-order valence-corrected chi connectivity index (χ2v) is 10.7. The average molecular weight is 488 g/mol. The van der Waals surface area contributed by atoms with Crippen molar-refractivity contribution in [3.63, 3.8) is 0 Å². The van der Waals surface area contributed by atoms with Gasteiger partial charge in [-0.2, -0.15) is 16.4 Å². The number of likely N-dealkylation sites (N-methyl/N-ethyl adjacent to an activating group) is 1. The van der Waals surface area contributed by atoms with Gasteiger partial charge in [0.2, 0.25) is 15.9 Å². The smallest absolute Gasteiger partial charge is 0.242 e. The van der Waals surface area contributed by atoms with Gasteiger partial charge in [-0.25, -0.2) is 13.6 Å². The Morgan fingerprint density at radius 3 is 2.61 bits per heavy atom. The van der Waals surface area contributed by atoms with Gasteiger partial charge < -0.3 is 5.32 Å². The fourth-order valence-electron chi connectivity index (χ4n) is 3.40. The molecule has 0 aliphatic heterocycles. The molecule has 0 fully saturated rings. The van der Waals surface area contributed by atoms with Crippen LogP contribution in [0.1, 0.15) is 31.1 Å². The van der Waals surface area contributed by atoms with Crippen LogP contribution >= 0.6 is 11.3 Å². The van der Waals surface area contributed by atoms with Crippen LogP contribution in [0.4, 0.5) is 0 Å². The standard InChI is InChI=1S/C23H29N5O3S2/c1-15(2)20(25-23(29)22(28(3)4)17-10-11-32-14-17)9-8-18-13-21(27-26-18)16-6-5-7-19(12-16)33(24,30)31/h5-15,20,22H,1-4H3,(H,25,29)(H,26,27)(H2,24,30,31)/b9-8-. The quantitative estimate of drug-likeness (QED) is 0.428. The minimum Gasteiger partial charge on any atom is -0.348 e. The molecular formula is C23H29N5O3S2. The van der Waals surface area contributed by atoms with Crippen molar-refractivity contribution in [2.75, 3.05) is 14.1 Å². The topological polar surface area (TPSA) is 121 Å². The molecule has 3 aromatic rings. The predicted molar refractivity (Wildman–Crippen MR) is 132 cm³/mol. The highest BCUT2D eigenvalue weighted by Gasteiger charge is 2.25. The molecule has 0 saturated carbocycles. The zero-order valence-electron chi connectivity index (χ0n) is 19.0. The zero-order chi connectivity index (χ0) is 24.2. The lowest BCUT2D eigenvalue weighted by atomic mass is 10.0. The van der Waals surface area contributed by atoms with E-state index >= 15 is 0 Å². The highest BCUT2D eigenvalue weighted by Crippen LogP contribution is 2.23. The summed E-state index contributed by atoms with van der Waals surface area (Å²) in [5.74, 6) is 0.108. The van der Waals surface area contributed by atoms with Gasteiger partial charge in [0, 0.05) is 11.6 Å². The molecule has 1 aromatic carbocycles. The Morgan fingerprint density at radius 2 is 2.00 bits per heavy atom. The molecule has 0 spiro atoms. The number of hydrogen-bond donors (Lipinski definition) is 3. The van der Waals surface area contributed by atoms with Gasteiger partial charge in [-0.3, -0.25) is 14.8 Å². The molecule has 2 unspecified atom stereocenters. The second kappa shape index (κ2) is 10.4. The number of hydrogen-bond acceptors (Lipinski definition) is 6. The fourth-order valence-corrected chi connectivity index (χ4v) is 4.64. The van der Waals surface area contributed by atoms with E-state index in [9.17, 15) is 13.2 Å². The molecule has 0 aliphatic rings. The lowest BCUT2D eigenvalue weighted by Crippen LogP contribution is -2.43. The Kier molecular flexibility index (Phi) is 7.85. The van der Waals surface area contributed by atoms with E-state index in [0.717, 1.165) is 11.3 Å². The summed E-state index contributed by atoms with van der Waals surface area (Å²) in [6.07, 6.45) is 3.79. The molecule has 0 bridgehead atoms. The number of nitrogens with one attached hydrogen (secondary N) is 2. The third kappa shape index (κ3) is 6.38. The van der Waals surface area contributed by atoms with Crippen LogP contribution in [-0.2, 0) is 14.8 Å². The van der Waals surface area contributed by atoms with Crippen LogP contribution in [0.15, 0.2) is 58.1 Å². The van der Waals surface area contributed by atoms with Gasteiger partial charge in [0.05, 0.1) is 16.3 Å². The molecule has 2 atom stereocenters. The predicted octanol–water partition coefficient (Wildman–Crippen LogP) is 3.24. The maximum atomic E-state index is 13.0. The number of amides is 1. The number of carbonyl (C=O) groups is 1. The van der Waals surface area contributed by atoms with Gasteiger partial charge in [0.1, 0.15) is 6.04 Å². The van der Waals surface area contributed by atoms with Crippen molar-refractivity contribution in [2.45, 2.75) is 30.8 Å². The van der Waals surface area contributed by atoms with E-state index in [2.05, 4.69) is 15.5 Å². The third-order valence-electron chi connectivity index (χ3n) is 5.19. The number of aromatic nitrogens is 2. The van der Waals surface area contributed by atoms with Gasteiger partial charge in [-0.15, -0.1) is 0 Å². The molecular weight excluding hydrogens is 458 g/mol. The number of benzene rings is 1. The van der Waals surface area contributed by atoms with Crippen LogP contribution in [0.2, 0.25) is 0 Å². The lowest BCUT2D eigenvalue weighted by molar-refractivity contribution is -0.126. The van der Waals surface area contributed by atoms with E-state index in [1.54, 1.807) is 23.5 Å². The first-order valence-corrected chi connectivity index (χ1v) is 12.9. The molecule has 0 aliphatic carbocycles. The molecule has 3 rings (SSSR count).